The van der Waals surface area contributed by atoms with E-state index in [1.807, 2.05) is 0 Å². The van der Waals surface area contributed by atoms with Gasteiger partial charge in [-0.05, 0) is 49.4 Å². The molecule has 0 aromatic carbocycles. The zero-order valence-electron chi connectivity index (χ0n) is 9.16. The Bertz CT molecular complexity index is 204. The van der Waals surface area contributed by atoms with Gasteiger partial charge in [-0.2, -0.15) is 0 Å². The van der Waals surface area contributed by atoms with Crippen molar-refractivity contribution in [1.82, 2.24) is 0 Å². The average molecular weight is 178 g/mol. The summed E-state index contributed by atoms with van der Waals surface area (Å²) in [7, 11) is 0. The summed E-state index contributed by atoms with van der Waals surface area (Å²) in [6.07, 6.45) is 8.98. The van der Waals surface area contributed by atoms with Crippen molar-refractivity contribution in [1.29, 1.82) is 0 Å². The third kappa shape index (κ3) is 1.56. The van der Waals surface area contributed by atoms with E-state index in [9.17, 15) is 0 Å². The SMILES string of the molecule is CC=CC(C)CC1CC2C(CC)C12. The fourth-order valence-electron chi connectivity index (χ4n) is 3.53. The van der Waals surface area contributed by atoms with Crippen molar-refractivity contribution in [3.05, 3.63) is 12.2 Å². The largest absolute Gasteiger partial charge is 0.0914 e. The highest BCUT2D eigenvalue weighted by atomic mass is 14.7. The Kier molecular flexibility index (Phi) is 2.49. The Morgan fingerprint density at radius 2 is 2.23 bits per heavy atom. The molecule has 5 unspecified atom stereocenters. The van der Waals surface area contributed by atoms with Crippen LogP contribution in [0.25, 0.3) is 0 Å². The first kappa shape index (κ1) is 9.30. The second kappa shape index (κ2) is 3.48. The first-order chi connectivity index (χ1) is 6.27. The van der Waals surface area contributed by atoms with Gasteiger partial charge in [0.15, 0.2) is 0 Å². The van der Waals surface area contributed by atoms with Crippen molar-refractivity contribution in [3.8, 4) is 0 Å². The summed E-state index contributed by atoms with van der Waals surface area (Å²) in [5.41, 5.74) is 0. The van der Waals surface area contributed by atoms with E-state index in [0.29, 0.717) is 0 Å². The molecule has 13 heavy (non-hydrogen) atoms. The highest BCUT2D eigenvalue weighted by molar-refractivity contribution is 5.09. The summed E-state index contributed by atoms with van der Waals surface area (Å²) >= 11 is 0. The Morgan fingerprint density at radius 3 is 2.77 bits per heavy atom. The highest BCUT2D eigenvalue weighted by Crippen LogP contribution is 2.67. The minimum atomic E-state index is 0.814. The molecule has 2 rings (SSSR count). The van der Waals surface area contributed by atoms with Crippen LogP contribution < -0.4 is 0 Å². The van der Waals surface area contributed by atoms with Crippen molar-refractivity contribution in [2.24, 2.45) is 29.6 Å². The van der Waals surface area contributed by atoms with Crippen molar-refractivity contribution < 1.29 is 0 Å². The van der Waals surface area contributed by atoms with Gasteiger partial charge in [-0.25, -0.2) is 0 Å². The molecular weight excluding hydrogens is 156 g/mol. The molecule has 0 heterocycles. The summed E-state index contributed by atoms with van der Waals surface area (Å²) in [6, 6.07) is 0. The predicted molar refractivity (Wildman–Crippen MR) is 57.5 cm³/mol. The summed E-state index contributed by atoms with van der Waals surface area (Å²) < 4.78 is 0. The summed E-state index contributed by atoms with van der Waals surface area (Å²) in [4.78, 5) is 0. The molecule has 0 saturated heterocycles. The van der Waals surface area contributed by atoms with Gasteiger partial charge in [0.2, 0.25) is 0 Å². The second-order valence-electron chi connectivity index (χ2n) is 5.05. The zero-order chi connectivity index (χ0) is 9.42. The predicted octanol–water partition coefficient (Wildman–Crippen LogP) is 3.88. The molecule has 0 N–H and O–H groups in total. The van der Waals surface area contributed by atoms with Crippen LogP contribution in [0.4, 0.5) is 0 Å². The molecule has 0 radical (unpaired) electrons. The molecule has 2 fully saturated rings. The Morgan fingerprint density at radius 1 is 1.46 bits per heavy atom. The molecule has 0 amide bonds. The fourth-order valence-corrected chi connectivity index (χ4v) is 3.53. The molecule has 0 aromatic heterocycles. The van der Waals surface area contributed by atoms with Gasteiger partial charge in [0.25, 0.3) is 0 Å². The van der Waals surface area contributed by atoms with Crippen LogP contribution in [0, 0.1) is 29.6 Å². The number of hydrogen-bond acceptors (Lipinski definition) is 0. The first-order valence-electron chi connectivity index (χ1n) is 5.90. The maximum Gasteiger partial charge on any atom is -0.0259 e. The van der Waals surface area contributed by atoms with Crippen LogP contribution in [0.2, 0.25) is 0 Å². The lowest BCUT2D eigenvalue weighted by molar-refractivity contribution is 0.249. The molecule has 0 aliphatic heterocycles. The lowest BCUT2D eigenvalue weighted by Crippen LogP contribution is -2.17. The molecule has 0 aromatic rings. The van der Waals surface area contributed by atoms with Crippen molar-refractivity contribution in [2.75, 3.05) is 0 Å². The van der Waals surface area contributed by atoms with E-state index in [1.165, 1.54) is 12.8 Å². The monoisotopic (exact) mass is 178 g/mol. The number of fused-ring (bicyclic) bond motifs is 1. The van der Waals surface area contributed by atoms with Crippen molar-refractivity contribution in [3.63, 3.8) is 0 Å². The Balaban J connectivity index is 1.74. The molecule has 2 aliphatic rings. The van der Waals surface area contributed by atoms with E-state index in [1.54, 1.807) is 6.42 Å². The van der Waals surface area contributed by atoms with Crippen LogP contribution in [0.1, 0.15) is 40.0 Å². The molecule has 2 aliphatic carbocycles. The van der Waals surface area contributed by atoms with Gasteiger partial charge in [0.1, 0.15) is 0 Å². The zero-order valence-corrected chi connectivity index (χ0v) is 9.16. The molecule has 0 heteroatoms. The lowest BCUT2D eigenvalue weighted by atomic mass is 9.79. The Labute approximate surface area is 82.4 Å². The summed E-state index contributed by atoms with van der Waals surface area (Å²) in [6.45, 7) is 6.85. The molecule has 5 atom stereocenters. The van der Waals surface area contributed by atoms with Gasteiger partial charge in [0.05, 0.1) is 0 Å². The van der Waals surface area contributed by atoms with Gasteiger partial charge in [-0.1, -0.05) is 32.4 Å². The maximum absolute atomic E-state index is 2.36. The Hall–Kier alpha value is -0.260. The number of rotatable bonds is 4. The smallest absolute Gasteiger partial charge is 0.0259 e. The minimum Gasteiger partial charge on any atom is -0.0914 e. The van der Waals surface area contributed by atoms with Crippen molar-refractivity contribution in [2.45, 2.75) is 40.0 Å². The molecule has 0 spiro atoms. The summed E-state index contributed by atoms with van der Waals surface area (Å²) in [5, 5.41) is 0. The first-order valence-corrected chi connectivity index (χ1v) is 5.90. The van der Waals surface area contributed by atoms with E-state index >= 15 is 0 Å². The second-order valence-corrected chi connectivity index (χ2v) is 5.05. The molecule has 74 valence electrons. The third-order valence-corrected chi connectivity index (χ3v) is 4.18. The molecule has 0 nitrogen and oxygen atoms in total. The van der Waals surface area contributed by atoms with E-state index in [2.05, 4.69) is 32.9 Å². The van der Waals surface area contributed by atoms with Crippen molar-refractivity contribution >= 4 is 0 Å². The van der Waals surface area contributed by atoms with Crippen LogP contribution >= 0.6 is 0 Å². The van der Waals surface area contributed by atoms with E-state index in [0.717, 1.165) is 29.6 Å². The van der Waals surface area contributed by atoms with Gasteiger partial charge < -0.3 is 0 Å². The standard InChI is InChI=1S/C13H22/c1-4-6-9(3)7-10-8-12-11(5-2)13(10)12/h4,6,9-13H,5,7-8H2,1-3H3. The van der Waals surface area contributed by atoms with Gasteiger partial charge in [0, 0.05) is 0 Å². The minimum absolute atomic E-state index is 0.814. The average Bonchev–Trinajstić information content (AvgIpc) is 2.67. The van der Waals surface area contributed by atoms with Crippen LogP contribution in [0.15, 0.2) is 12.2 Å². The van der Waals surface area contributed by atoms with Crippen LogP contribution in [0.5, 0.6) is 0 Å². The molecule has 2 saturated carbocycles. The molecule has 0 bridgehead atoms. The highest BCUT2D eigenvalue weighted by Gasteiger charge is 2.60. The quantitative estimate of drug-likeness (QED) is 0.573. The third-order valence-electron chi connectivity index (χ3n) is 4.18. The maximum atomic E-state index is 2.36. The van der Waals surface area contributed by atoms with Gasteiger partial charge >= 0.3 is 0 Å². The lowest BCUT2D eigenvalue weighted by Gasteiger charge is -2.26. The topological polar surface area (TPSA) is 0 Å². The normalized spacial score (nSPS) is 44.2. The van der Waals surface area contributed by atoms with E-state index in [4.69, 9.17) is 0 Å². The van der Waals surface area contributed by atoms with Crippen LogP contribution in [0.3, 0.4) is 0 Å². The van der Waals surface area contributed by atoms with Gasteiger partial charge in [-0.3, -0.25) is 0 Å². The van der Waals surface area contributed by atoms with E-state index < -0.39 is 0 Å². The fraction of sp³-hybridized carbons (Fsp3) is 0.846. The number of hydrogen-bond donors (Lipinski definition) is 0. The van der Waals surface area contributed by atoms with E-state index in [-0.39, 0.29) is 0 Å². The summed E-state index contributed by atoms with van der Waals surface area (Å²) in [5.74, 6) is 5.34. The number of allylic oxidation sites excluding steroid dienone is 2. The molecular formula is C13H22. The van der Waals surface area contributed by atoms with Gasteiger partial charge in [-0.15, -0.1) is 0 Å². The van der Waals surface area contributed by atoms with Crippen LogP contribution in [-0.2, 0) is 0 Å². The van der Waals surface area contributed by atoms with Crippen LogP contribution in [-0.4, -0.2) is 0 Å².